The van der Waals surface area contributed by atoms with Crippen LogP contribution < -0.4 is 10.0 Å². The van der Waals surface area contributed by atoms with Gasteiger partial charge in [-0.3, -0.25) is 4.98 Å². The summed E-state index contributed by atoms with van der Waals surface area (Å²) in [5.41, 5.74) is 1.81. The molecule has 0 saturated carbocycles. The Labute approximate surface area is 143 Å². The molecule has 0 unspecified atom stereocenters. The molecule has 0 aliphatic rings. The maximum Gasteiger partial charge on any atom is 0.209 e. The van der Waals surface area contributed by atoms with Gasteiger partial charge in [-0.1, -0.05) is 6.07 Å². The van der Waals surface area contributed by atoms with Crippen LogP contribution in [0.15, 0.2) is 24.4 Å². The van der Waals surface area contributed by atoms with Gasteiger partial charge in [0.2, 0.25) is 10.0 Å². The molecule has 0 aliphatic carbocycles. The van der Waals surface area contributed by atoms with Crippen LogP contribution in [0, 0.1) is 13.8 Å². The smallest absolute Gasteiger partial charge is 0.209 e. The Balaban J connectivity index is 2.26. The summed E-state index contributed by atoms with van der Waals surface area (Å²) in [5.74, 6) is 1.21. The van der Waals surface area contributed by atoms with Crippen LogP contribution in [0.3, 0.4) is 0 Å². The summed E-state index contributed by atoms with van der Waals surface area (Å²) in [6.07, 6.45) is 2.84. The van der Waals surface area contributed by atoms with Gasteiger partial charge < -0.3 is 5.32 Å². The lowest BCUT2D eigenvalue weighted by atomic mass is 10.1. The van der Waals surface area contributed by atoms with E-state index in [9.17, 15) is 8.42 Å². The van der Waals surface area contributed by atoms with Crippen molar-refractivity contribution in [2.45, 2.75) is 33.2 Å². The van der Waals surface area contributed by atoms with Crippen molar-refractivity contribution in [2.24, 2.45) is 0 Å². The standard InChI is InChI=1S/C16H23N5O2S/c1-11-12(2)19-15(13-8-6-7-9-17-13)20-14(11)18-10-16(3,4)21-24(5,22)23/h6-9,21H,10H2,1-5H3,(H,18,19,20). The number of rotatable bonds is 6. The molecule has 0 amide bonds. The summed E-state index contributed by atoms with van der Waals surface area (Å²) in [5, 5.41) is 3.22. The quantitative estimate of drug-likeness (QED) is 0.827. The van der Waals surface area contributed by atoms with E-state index in [1.165, 1.54) is 0 Å². The molecule has 0 fully saturated rings. The number of hydrogen-bond donors (Lipinski definition) is 2. The Morgan fingerprint density at radius 2 is 1.88 bits per heavy atom. The number of anilines is 1. The largest absolute Gasteiger partial charge is 0.368 e. The second kappa shape index (κ2) is 6.82. The van der Waals surface area contributed by atoms with Gasteiger partial charge in [-0.05, 0) is 39.8 Å². The highest BCUT2D eigenvalue weighted by Crippen LogP contribution is 2.20. The van der Waals surface area contributed by atoms with Crippen molar-refractivity contribution in [3.63, 3.8) is 0 Å². The fourth-order valence-electron chi connectivity index (χ4n) is 2.25. The van der Waals surface area contributed by atoms with Gasteiger partial charge in [-0.15, -0.1) is 0 Å². The monoisotopic (exact) mass is 349 g/mol. The molecule has 8 heteroatoms. The van der Waals surface area contributed by atoms with E-state index in [2.05, 4.69) is 25.0 Å². The van der Waals surface area contributed by atoms with Crippen molar-refractivity contribution in [1.82, 2.24) is 19.7 Å². The Morgan fingerprint density at radius 1 is 1.17 bits per heavy atom. The highest BCUT2D eigenvalue weighted by atomic mass is 32.2. The molecular weight excluding hydrogens is 326 g/mol. The molecule has 0 spiro atoms. The summed E-state index contributed by atoms with van der Waals surface area (Å²) in [6, 6.07) is 5.57. The summed E-state index contributed by atoms with van der Waals surface area (Å²) >= 11 is 0. The number of nitrogens with one attached hydrogen (secondary N) is 2. The molecule has 0 aromatic carbocycles. The average Bonchev–Trinajstić information content (AvgIpc) is 2.47. The Hall–Kier alpha value is -2.06. The van der Waals surface area contributed by atoms with Gasteiger partial charge in [0.25, 0.3) is 0 Å². The van der Waals surface area contributed by atoms with Gasteiger partial charge in [0.15, 0.2) is 5.82 Å². The first-order chi connectivity index (χ1) is 11.1. The first-order valence-corrected chi connectivity index (χ1v) is 9.46. The molecule has 2 aromatic rings. The van der Waals surface area contributed by atoms with E-state index in [0.717, 1.165) is 17.5 Å². The normalized spacial score (nSPS) is 12.2. The van der Waals surface area contributed by atoms with Crippen molar-refractivity contribution in [3.05, 3.63) is 35.7 Å². The Morgan fingerprint density at radius 3 is 2.46 bits per heavy atom. The van der Waals surface area contributed by atoms with Crippen LogP contribution in [-0.4, -0.2) is 41.7 Å². The van der Waals surface area contributed by atoms with Crippen LogP contribution in [0.2, 0.25) is 0 Å². The lowest BCUT2D eigenvalue weighted by molar-refractivity contribution is 0.475. The number of hydrogen-bond acceptors (Lipinski definition) is 6. The fourth-order valence-corrected chi connectivity index (χ4v) is 3.33. The predicted molar refractivity (Wildman–Crippen MR) is 95.3 cm³/mol. The number of sulfonamides is 1. The minimum absolute atomic E-state index is 0.388. The molecule has 24 heavy (non-hydrogen) atoms. The van der Waals surface area contributed by atoms with E-state index in [0.29, 0.717) is 23.9 Å². The first kappa shape index (κ1) is 18.3. The van der Waals surface area contributed by atoms with Gasteiger partial charge >= 0.3 is 0 Å². The van der Waals surface area contributed by atoms with Crippen LogP contribution in [0.1, 0.15) is 25.1 Å². The number of aromatic nitrogens is 3. The molecule has 0 saturated heterocycles. The SMILES string of the molecule is Cc1nc(-c2ccccn2)nc(NCC(C)(C)NS(C)(=O)=O)c1C. The van der Waals surface area contributed by atoms with Crippen molar-refractivity contribution in [1.29, 1.82) is 0 Å². The summed E-state index contributed by atoms with van der Waals surface area (Å²) in [4.78, 5) is 13.3. The van der Waals surface area contributed by atoms with E-state index in [1.54, 1.807) is 6.20 Å². The highest BCUT2D eigenvalue weighted by molar-refractivity contribution is 7.88. The molecule has 2 aromatic heterocycles. The summed E-state index contributed by atoms with van der Waals surface area (Å²) in [6.45, 7) is 7.85. The summed E-state index contributed by atoms with van der Waals surface area (Å²) in [7, 11) is -3.29. The lowest BCUT2D eigenvalue weighted by Crippen LogP contribution is -2.47. The number of nitrogens with zero attached hydrogens (tertiary/aromatic N) is 3. The maximum absolute atomic E-state index is 11.4. The van der Waals surface area contributed by atoms with Crippen molar-refractivity contribution in [3.8, 4) is 11.5 Å². The molecule has 0 aliphatic heterocycles. The van der Waals surface area contributed by atoms with E-state index >= 15 is 0 Å². The third kappa shape index (κ3) is 4.97. The third-order valence-electron chi connectivity index (χ3n) is 3.44. The van der Waals surface area contributed by atoms with Gasteiger partial charge in [-0.25, -0.2) is 23.1 Å². The third-order valence-corrected chi connectivity index (χ3v) is 4.37. The summed E-state index contributed by atoms with van der Waals surface area (Å²) < 4.78 is 25.5. The molecule has 0 atom stereocenters. The Kier molecular flexibility index (Phi) is 5.19. The molecular formula is C16H23N5O2S. The lowest BCUT2D eigenvalue weighted by Gasteiger charge is -2.26. The molecule has 0 bridgehead atoms. The second-order valence-electron chi connectivity index (χ2n) is 6.43. The zero-order valence-corrected chi connectivity index (χ0v) is 15.4. The van der Waals surface area contributed by atoms with Crippen LogP contribution in [0.5, 0.6) is 0 Å². The predicted octanol–water partition coefficient (Wildman–Crippen LogP) is 1.90. The van der Waals surface area contributed by atoms with E-state index in [4.69, 9.17) is 0 Å². The van der Waals surface area contributed by atoms with E-state index < -0.39 is 15.6 Å². The molecule has 130 valence electrons. The minimum Gasteiger partial charge on any atom is -0.368 e. The minimum atomic E-state index is -3.29. The van der Waals surface area contributed by atoms with Crippen LogP contribution >= 0.6 is 0 Å². The number of pyridine rings is 1. The molecule has 2 heterocycles. The van der Waals surface area contributed by atoms with Crippen molar-refractivity contribution < 1.29 is 8.42 Å². The Bertz CT molecular complexity index is 820. The van der Waals surface area contributed by atoms with E-state index in [-0.39, 0.29) is 0 Å². The van der Waals surface area contributed by atoms with Crippen LogP contribution in [-0.2, 0) is 10.0 Å². The second-order valence-corrected chi connectivity index (χ2v) is 8.18. The maximum atomic E-state index is 11.4. The molecule has 2 rings (SSSR count). The molecule has 2 N–H and O–H groups in total. The van der Waals surface area contributed by atoms with E-state index in [1.807, 2.05) is 45.9 Å². The average molecular weight is 349 g/mol. The van der Waals surface area contributed by atoms with Gasteiger partial charge in [0, 0.05) is 29.5 Å². The topological polar surface area (TPSA) is 96.9 Å². The first-order valence-electron chi connectivity index (χ1n) is 7.57. The van der Waals surface area contributed by atoms with Crippen molar-refractivity contribution >= 4 is 15.8 Å². The van der Waals surface area contributed by atoms with Crippen LogP contribution in [0.25, 0.3) is 11.5 Å². The fraction of sp³-hybridized carbons (Fsp3) is 0.438. The zero-order valence-electron chi connectivity index (χ0n) is 14.6. The highest BCUT2D eigenvalue weighted by Gasteiger charge is 2.22. The van der Waals surface area contributed by atoms with Crippen molar-refractivity contribution in [2.75, 3.05) is 18.1 Å². The van der Waals surface area contributed by atoms with Gasteiger partial charge in [0.1, 0.15) is 11.5 Å². The van der Waals surface area contributed by atoms with Gasteiger partial charge in [0.05, 0.1) is 6.26 Å². The zero-order chi connectivity index (χ0) is 18.0. The van der Waals surface area contributed by atoms with Gasteiger partial charge in [-0.2, -0.15) is 0 Å². The number of aryl methyl sites for hydroxylation is 1. The molecule has 7 nitrogen and oxygen atoms in total. The molecule has 0 radical (unpaired) electrons. The van der Waals surface area contributed by atoms with Crippen LogP contribution in [0.4, 0.5) is 5.82 Å².